The summed E-state index contributed by atoms with van der Waals surface area (Å²) in [7, 11) is -2.32. The van der Waals surface area contributed by atoms with E-state index in [0.29, 0.717) is 5.06 Å². The van der Waals surface area contributed by atoms with E-state index < -0.39 is 44.3 Å². The number of hydrogen-bond acceptors (Lipinski definition) is 7. The van der Waals surface area contributed by atoms with Crippen molar-refractivity contribution in [1.29, 1.82) is 0 Å². The summed E-state index contributed by atoms with van der Waals surface area (Å²) in [5.74, 6) is -2.19. The molecular weight excluding hydrogens is 432 g/mol. The fourth-order valence-corrected chi connectivity index (χ4v) is 4.19. The summed E-state index contributed by atoms with van der Waals surface area (Å²) in [5, 5.41) is 2.78. The van der Waals surface area contributed by atoms with Crippen LogP contribution in [0.25, 0.3) is 0 Å². The molecule has 1 aliphatic rings. The molecule has 0 aromatic heterocycles. The Hall–Kier alpha value is -2.72. The SMILES string of the molecule is C[C@@H](O[Si](C)(C)C(C)(C)C)[C@H](NC(=O)OCc1ccccc1)C(=O)ON1C(=O)CCC1=O. The lowest BCUT2D eigenvalue weighted by molar-refractivity contribution is -0.200. The van der Waals surface area contributed by atoms with E-state index in [1.807, 2.05) is 52.1 Å². The molecule has 1 N–H and O–H groups in total. The van der Waals surface area contributed by atoms with Gasteiger partial charge in [0.1, 0.15) is 6.61 Å². The number of carbonyl (C=O) groups is 4. The molecular formula is C22H32N2O7Si. The third-order valence-corrected chi connectivity index (χ3v) is 10.3. The molecule has 9 nitrogen and oxygen atoms in total. The minimum atomic E-state index is -2.32. The minimum Gasteiger partial charge on any atom is -0.445 e. The fourth-order valence-electron chi connectivity index (χ4n) is 2.77. The monoisotopic (exact) mass is 464 g/mol. The van der Waals surface area contributed by atoms with E-state index in [1.54, 1.807) is 19.1 Å². The van der Waals surface area contributed by atoms with Crippen LogP contribution >= 0.6 is 0 Å². The van der Waals surface area contributed by atoms with Gasteiger partial charge in [0, 0.05) is 12.8 Å². The first kappa shape index (κ1) is 25.5. The van der Waals surface area contributed by atoms with Crippen molar-refractivity contribution in [3.05, 3.63) is 35.9 Å². The Morgan fingerprint density at radius 1 is 1.09 bits per heavy atom. The maximum absolute atomic E-state index is 12.9. The first-order valence-electron chi connectivity index (χ1n) is 10.5. The minimum absolute atomic E-state index is 0.00894. The van der Waals surface area contributed by atoms with Crippen LogP contribution in [0.3, 0.4) is 0 Å². The maximum atomic E-state index is 12.9. The normalized spacial score (nSPS) is 16.5. The van der Waals surface area contributed by atoms with Crippen molar-refractivity contribution >= 4 is 32.2 Å². The summed E-state index contributed by atoms with van der Waals surface area (Å²) in [6.45, 7) is 11.8. The third-order valence-electron chi connectivity index (χ3n) is 5.68. The van der Waals surface area contributed by atoms with E-state index in [-0.39, 0.29) is 24.5 Å². The van der Waals surface area contributed by atoms with Gasteiger partial charge in [0.15, 0.2) is 14.4 Å². The maximum Gasteiger partial charge on any atom is 0.408 e. The van der Waals surface area contributed by atoms with Gasteiger partial charge in [-0.1, -0.05) is 51.1 Å². The predicted octanol–water partition coefficient (Wildman–Crippen LogP) is 3.30. The number of amides is 3. The van der Waals surface area contributed by atoms with E-state index in [4.69, 9.17) is 14.0 Å². The van der Waals surface area contributed by atoms with E-state index in [0.717, 1.165) is 5.56 Å². The first-order chi connectivity index (χ1) is 14.8. The zero-order chi connectivity index (χ0) is 24.1. The standard InChI is InChI=1S/C22H32N2O7Si/c1-15(31-32(5,6)22(2,3)4)19(20(27)30-24-17(25)12-13-18(24)26)23-21(28)29-14-16-10-8-7-9-11-16/h7-11,15,19H,12-14H2,1-6H3,(H,23,28)/t15-,19+/m1/s1. The number of hydroxylamine groups is 2. The van der Waals surface area contributed by atoms with Gasteiger partial charge in [-0.15, -0.1) is 5.06 Å². The highest BCUT2D eigenvalue weighted by molar-refractivity contribution is 6.74. The third kappa shape index (κ3) is 6.64. The van der Waals surface area contributed by atoms with E-state index in [2.05, 4.69) is 5.32 Å². The molecule has 0 bridgehead atoms. The van der Waals surface area contributed by atoms with Crippen molar-refractivity contribution in [2.75, 3.05) is 0 Å². The number of alkyl carbamates (subject to hydrolysis) is 1. The lowest BCUT2D eigenvalue weighted by atomic mass is 10.2. The van der Waals surface area contributed by atoms with Crippen molar-refractivity contribution < 1.29 is 33.2 Å². The smallest absolute Gasteiger partial charge is 0.408 e. The van der Waals surface area contributed by atoms with Crippen molar-refractivity contribution in [3.8, 4) is 0 Å². The molecule has 2 atom stereocenters. The molecule has 3 amide bonds. The Bertz CT molecular complexity index is 836. The summed E-state index contributed by atoms with van der Waals surface area (Å²) in [4.78, 5) is 54.0. The Kier molecular flexibility index (Phi) is 8.19. The van der Waals surface area contributed by atoms with Gasteiger partial charge in [0.05, 0.1) is 6.10 Å². The molecule has 0 saturated carbocycles. The van der Waals surface area contributed by atoms with Gasteiger partial charge in [0.2, 0.25) is 0 Å². The zero-order valence-electron chi connectivity index (χ0n) is 19.5. The summed E-state index contributed by atoms with van der Waals surface area (Å²) >= 11 is 0. The largest absolute Gasteiger partial charge is 0.445 e. The molecule has 0 unspecified atom stereocenters. The number of rotatable bonds is 8. The van der Waals surface area contributed by atoms with Crippen molar-refractivity contribution in [1.82, 2.24) is 10.4 Å². The first-order valence-corrected chi connectivity index (χ1v) is 13.5. The molecule has 1 saturated heterocycles. The molecule has 0 aliphatic carbocycles. The van der Waals surface area contributed by atoms with Gasteiger partial charge >= 0.3 is 12.1 Å². The Balaban J connectivity index is 2.13. The molecule has 1 aromatic carbocycles. The van der Waals surface area contributed by atoms with Crippen LogP contribution in [-0.4, -0.2) is 49.4 Å². The van der Waals surface area contributed by atoms with Crippen LogP contribution in [-0.2, 0) is 35.0 Å². The predicted molar refractivity (Wildman–Crippen MR) is 118 cm³/mol. The molecule has 32 heavy (non-hydrogen) atoms. The number of hydrogen-bond donors (Lipinski definition) is 1. The van der Waals surface area contributed by atoms with Gasteiger partial charge in [-0.2, -0.15) is 0 Å². The molecule has 0 spiro atoms. The molecule has 1 fully saturated rings. The van der Waals surface area contributed by atoms with Gasteiger partial charge in [-0.3, -0.25) is 9.59 Å². The van der Waals surface area contributed by atoms with E-state index in [1.165, 1.54) is 0 Å². The number of nitrogens with one attached hydrogen (secondary N) is 1. The van der Waals surface area contributed by atoms with Crippen LogP contribution in [0.15, 0.2) is 30.3 Å². The molecule has 1 heterocycles. The number of benzene rings is 1. The van der Waals surface area contributed by atoms with Gasteiger partial charge in [-0.25, -0.2) is 9.59 Å². The molecule has 1 aromatic rings. The van der Waals surface area contributed by atoms with Crippen LogP contribution in [0.2, 0.25) is 18.1 Å². The summed E-state index contributed by atoms with van der Waals surface area (Å²) in [5.41, 5.74) is 0.778. The van der Waals surface area contributed by atoms with Crippen molar-refractivity contribution in [2.24, 2.45) is 0 Å². The second-order valence-corrected chi connectivity index (χ2v) is 14.0. The second-order valence-electron chi connectivity index (χ2n) is 9.26. The molecule has 2 rings (SSSR count). The van der Waals surface area contributed by atoms with Crippen LogP contribution in [0.5, 0.6) is 0 Å². The van der Waals surface area contributed by atoms with Gasteiger partial charge in [0.25, 0.3) is 11.8 Å². The van der Waals surface area contributed by atoms with Crippen molar-refractivity contribution in [2.45, 2.75) is 77.4 Å². The lowest BCUT2D eigenvalue weighted by Gasteiger charge is -2.39. The van der Waals surface area contributed by atoms with E-state index in [9.17, 15) is 19.2 Å². The number of imide groups is 1. The number of ether oxygens (including phenoxy) is 1. The Labute approximate surface area is 189 Å². The van der Waals surface area contributed by atoms with Gasteiger partial charge in [-0.05, 0) is 30.6 Å². The Morgan fingerprint density at radius 3 is 2.19 bits per heavy atom. The summed E-state index contributed by atoms with van der Waals surface area (Å²) in [6.07, 6.45) is -1.69. The highest BCUT2D eigenvalue weighted by Crippen LogP contribution is 2.37. The Morgan fingerprint density at radius 2 is 1.66 bits per heavy atom. The number of carbonyl (C=O) groups excluding carboxylic acids is 4. The van der Waals surface area contributed by atoms with Gasteiger partial charge < -0.3 is 19.3 Å². The molecule has 176 valence electrons. The van der Waals surface area contributed by atoms with Crippen LogP contribution in [0, 0.1) is 0 Å². The highest BCUT2D eigenvalue weighted by atomic mass is 28.4. The zero-order valence-corrected chi connectivity index (χ0v) is 20.5. The number of nitrogens with zero attached hydrogens (tertiary/aromatic N) is 1. The average Bonchev–Trinajstić information content (AvgIpc) is 3.02. The van der Waals surface area contributed by atoms with E-state index >= 15 is 0 Å². The molecule has 0 radical (unpaired) electrons. The van der Waals surface area contributed by atoms with Crippen molar-refractivity contribution in [3.63, 3.8) is 0 Å². The summed E-state index contributed by atoms with van der Waals surface area (Å²) in [6, 6.07) is 7.79. The summed E-state index contributed by atoms with van der Waals surface area (Å²) < 4.78 is 11.5. The fraction of sp³-hybridized carbons (Fsp3) is 0.545. The topological polar surface area (TPSA) is 111 Å². The van der Waals surface area contributed by atoms with Crippen LogP contribution in [0.4, 0.5) is 4.79 Å². The van der Waals surface area contributed by atoms with Crippen LogP contribution in [0.1, 0.15) is 46.1 Å². The molecule has 10 heteroatoms. The lowest BCUT2D eigenvalue weighted by Crippen LogP contribution is -2.55. The quantitative estimate of drug-likeness (QED) is 0.464. The van der Waals surface area contributed by atoms with Crippen LogP contribution < -0.4 is 5.32 Å². The highest BCUT2D eigenvalue weighted by Gasteiger charge is 2.43. The second kappa shape index (κ2) is 10.3. The average molecular weight is 465 g/mol. The molecule has 1 aliphatic heterocycles.